The van der Waals surface area contributed by atoms with E-state index in [1.165, 1.54) is 11.3 Å². The summed E-state index contributed by atoms with van der Waals surface area (Å²) in [6.07, 6.45) is 1.40. The number of rotatable bonds is 8. The van der Waals surface area contributed by atoms with Gasteiger partial charge in [-0.15, -0.1) is 11.3 Å². The molecule has 0 aliphatic carbocycles. The van der Waals surface area contributed by atoms with Gasteiger partial charge in [0.2, 0.25) is 11.7 Å². The Labute approximate surface area is 162 Å². The van der Waals surface area contributed by atoms with Crippen LogP contribution in [0.4, 0.5) is 0 Å². The molecule has 0 fully saturated rings. The summed E-state index contributed by atoms with van der Waals surface area (Å²) >= 11 is 1.46. The van der Waals surface area contributed by atoms with Crippen LogP contribution in [0.25, 0.3) is 11.4 Å². The third-order valence-electron chi connectivity index (χ3n) is 4.48. The second kappa shape index (κ2) is 8.81. The average Bonchev–Trinajstić information content (AvgIpc) is 3.40. The lowest BCUT2D eigenvalue weighted by molar-refractivity contribution is 0.0691. The van der Waals surface area contributed by atoms with Crippen molar-refractivity contribution < 1.29 is 14.1 Å². The van der Waals surface area contributed by atoms with Crippen LogP contribution in [0.5, 0.6) is 5.75 Å². The summed E-state index contributed by atoms with van der Waals surface area (Å²) in [4.78, 5) is 19.9. The van der Waals surface area contributed by atoms with Crippen molar-refractivity contribution in [2.45, 2.75) is 32.7 Å². The van der Waals surface area contributed by atoms with Gasteiger partial charge in [0.25, 0.3) is 5.91 Å². The maximum atomic E-state index is 12.8. The molecular weight excluding hydrogens is 362 g/mol. The SMILES string of the molecule is CC[C@@H](C)N(CCc1nc(-c2cccc(OC)c2)no1)C(=O)c1cccs1. The summed E-state index contributed by atoms with van der Waals surface area (Å²) in [7, 11) is 1.62. The quantitative estimate of drug-likeness (QED) is 0.579. The normalized spacial score (nSPS) is 12.0. The number of amides is 1. The Morgan fingerprint density at radius 3 is 2.89 bits per heavy atom. The molecule has 0 unspecified atom stereocenters. The van der Waals surface area contributed by atoms with E-state index in [2.05, 4.69) is 24.0 Å². The average molecular weight is 385 g/mol. The first-order chi connectivity index (χ1) is 13.1. The highest BCUT2D eigenvalue weighted by Gasteiger charge is 2.22. The Morgan fingerprint density at radius 2 is 2.19 bits per heavy atom. The predicted octanol–water partition coefficient (Wildman–Crippen LogP) is 4.29. The summed E-state index contributed by atoms with van der Waals surface area (Å²) in [6, 6.07) is 11.4. The number of methoxy groups -OCH3 is 1. The smallest absolute Gasteiger partial charge is 0.264 e. The molecule has 0 bridgehead atoms. The fourth-order valence-electron chi connectivity index (χ4n) is 2.74. The highest BCUT2D eigenvalue weighted by Crippen LogP contribution is 2.22. The molecule has 142 valence electrons. The molecule has 0 saturated carbocycles. The van der Waals surface area contributed by atoms with Crippen LogP contribution in [-0.2, 0) is 6.42 Å². The van der Waals surface area contributed by atoms with Gasteiger partial charge in [-0.2, -0.15) is 4.98 Å². The number of carbonyl (C=O) groups excluding carboxylic acids is 1. The Bertz CT molecular complexity index is 876. The number of benzene rings is 1. The molecule has 6 nitrogen and oxygen atoms in total. The second-order valence-electron chi connectivity index (χ2n) is 6.23. The zero-order valence-electron chi connectivity index (χ0n) is 15.7. The van der Waals surface area contributed by atoms with Gasteiger partial charge >= 0.3 is 0 Å². The first-order valence-corrected chi connectivity index (χ1v) is 9.81. The van der Waals surface area contributed by atoms with Crippen molar-refractivity contribution in [3.63, 3.8) is 0 Å². The van der Waals surface area contributed by atoms with Gasteiger partial charge in [-0.1, -0.05) is 30.3 Å². The lowest BCUT2D eigenvalue weighted by atomic mass is 10.2. The van der Waals surface area contributed by atoms with Crippen molar-refractivity contribution in [2.24, 2.45) is 0 Å². The summed E-state index contributed by atoms with van der Waals surface area (Å²) in [5.74, 6) is 1.82. The highest BCUT2D eigenvalue weighted by atomic mass is 32.1. The number of hydrogen-bond acceptors (Lipinski definition) is 6. The van der Waals surface area contributed by atoms with Gasteiger partial charge in [0.1, 0.15) is 5.75 Å². The molecule has 2 aromatic heterocycles. The largest absolute Gasteiger partial charge is 0.497 e. The number of aromatic nitrogens is 2. The maximum Gasteiger partial charge on any atom is 0.264 e. The van der Waals surface area contributed by atoms with Crippen molar-refractivity contribution in [2.75, 3.05) is 13.7 Å². The van der Waals surface area contributed by atoms with Gasteiger partial charge in [0.15, 0.2) is 0 Å². The van der Waals surface area contributed by atoms with Crippen LogP contribution in [0.15, 0.2) is 46.3 Å². The Kier molecular flexibility index (Phi) is 6.24. The van der Waals surface area contributed by atoms with E-state index >= 15 is 0 Å². The molecule has 1 amide bonds. The number of ether oxygens (including phenoxy) is 1. The topological polar surface area (TPSA) is 68.5 Å². The molecule has 3 rings (SSSR count). The van der Waals surface area contributed by atoms with E-state index in [1.54, 1.807) is 7.11 Å². The Morgan fingerprint density at radius 1 is 1.33 bits per heavy atom. The van der Waals surface area contributed by atoms with Gasteiger partial charge in [0.05, 0.1) is 12.0 Å². The zero-order valence-corrected chi connectivity index (χ0v) is 16.5. The van der Waals surface area contributed by atoms with Gasteiger partial charge in [-0.25, -0.2) is 0 Å². The predicted molar refractivity (Wildman–Crippen MR) is 105 cm³/mol. The van der Waals surface area contributed by atoms with Crippen LogP contribution in [-0.4, -0.2) is 40.6 Å². The van der Waals surface area contributed by atoms with E-state index < -0.39 is 0 Å². The Balaban J connectivity index is 1.70. The first-order valence-electron chi connectivity index (χ1n) is 8.93. The van der Waals surface area contributed by atoms with Crippen molar-refractivity contribution in [1.82, 2.24) is 15.0 Å². The lowest BCUT2D eigenvalue weighted by Crippen LogP contribution is -2.39. The second-order valence-corrected chi connectivity index (χ2v) is 7.17. The minimum Gasteiger partial charge on any atom is -0.497 e. The van der Waals surface area contributed by atoms with Crippen LogP contribution >= 0.6 is 11.3 Å². The van der Waals surface area contributed by atoms with Gasteiger partial charge in [-0.3, -0.25) is 4.79 Å². The molecule has 0 radical (unpaired) electrons. The zero-order chi connectivity index (χ0) is 19.2. The molecule has 1 atom stereocenters. The summed E-state index contributed by atoms with van der Waals surface area (Å²) < 4.78 is 10.6. The van der Waals surface area contributed by atoms with Gasteiger partial charge in [0, 0.05) is 24.6 Å². The van der Waals surface area contributed by atoms with E-state index in [9.17, 15) is 4.79 Å². The number of thiophene rings is 1. The van der Waals surface area contributed by atoms with E-state index in [0.717, 1.165) is 22.6 Å². The molecule has 0 N–H and O–H groups in total. The molecule has 3 aromatic rings. The van der Waals surface area contributed by atoms with Crippen molar-refractivity contribution >= 4 is 17.2 Å². The van der Waals surface area contributed by atoms with Crippen molar-refractivity contribution in [3.05, 3.63) is 52.5 Å². The van der Waals surface area contributed by atoms with Crippen LogP contribution in [0.1, 0.15) is 35.8 Å². The molecule has 0 aliphatic heterocycles. The van der Waals surface area contributed by atoms with Crippen LogP contribution in [0, 0.1) is 0 Å². The van der Waals surface area contributed by atoms with E-state index in [1.807, 2.05) is 46.7 Å². The fraction of sp³-hybridized carbons (Fsp3) is 0.350. The fourth-order valence-corrected chi connectivity index (χ4v) is 3.42. The standard InChI is InChI=1S/C20H23N3O3S/c1-4-14(2)23(20(24)17-9-6-12-27-17)11-10-18-21-19(22-26-18)15-7-5-8-16(13-15)25-3/h5-9,12-14H,4,10-11H2,1-3H3/t14-/m1/s1. The number of nitrogens with zero attached hydrogens (tertiary/aromatic N) is 3. The third-order valence-corrected chi connectivity index (χ3v) is 5.34. The van der Waals surface area contributed by atoms with Crippen LogP contribution in [0.3, 0.4) is 0 Å². The third kappa shape index (κ3) is 4.54. The van der Waals surface area contributed by atoms with Crippen molar-refractivity contribution in [3.8, 4) is 17.1 Å². The van der Waals surface area contributed by atoms with Crippen molar-refractivity contribution in [1.29, 1.82) is 0 Å². The van der Waals surface area contributed by atoms with Gasteiger partial charge in [-0.05, 0) is 36.9 Å². The highest BCUT2D eigenvalue weighted by molar-refractivity contribution is 7.12. The summed E-state index contributed by atoms with van der Waals surface area (Å²) in [6.45, 7) is 4.67. The first kappa shape index (κ1) is 19.1. The lowest BCUT2D eigenvalue weighted by Gasteiger charge is -2.27. The molecule has 0 aliphatic rings. The number of hydrogen-bond donors (Lipinski definition) is 0. The van der Waals surface area contributed by atoms with Gasteiger partial charge < -0.3 is 14.2 Å². The maximum absolute atomic E-state index is 12.8. The molecule has 2 heterocycles. The van der Waals surface area contributed by atoms with Crippen LogP contribution in [0.2, 0.25) is 0 Å². The molecule has 0 spiro atoms. The van der Waals surface area contributed by atoms with E-state index in [4.69, 9.17) is 9.26 Å². The molecule has 1 aromatic carbocycles. The molecule has 7 heteroatoms. The Hall–Kier alpha value is -2.67. The minimum atomic E-state index is 0.0480. The van der Waals surface area contributed by atoms with Crippen LogP contribution < -0.4 is 4.74 Å². The minimum absolute atomic E-state index is 0.0480. The summed E-state index contributed by atoms with van der Waals surface area (Å²) in [5, 5.41) is 5.97. The molecule has 0 saturated heterocycles. The molecule has 27 heavy (non-hydrogen) atoms. The van der Waals surface area contributed by atoms with E-state index in [-0.39, 0.29) is 11.9 Å². The van der Waals surface area contributed by atoms with E-state index in [0.29, 0.717) is 24.7 Å². The molecular formula is C20H23N3O3S. The monoisotopic (exact) mass is 385 g/mol. The number of carbonyl (C=O) groups is 1. The summed E-state index contributed by atoms with van der Waals surface area (Å²) in [5.41, 5.74) is 0.831.